The number of amides is 1. The maximum atomic E-state index is 12.7. The summed E-state index contributed by atoms with van der Waals surface area (Å²) in [6, 6.07) is 9.00. The SMILES string of the molecule is CC(C)(C)[Si]1(C(C)(C)C)OC[C@H]2O[C@@H](n3cnc4c(NC(=O)c5ccccc5)ncnc43)C[C@@H]2O1. The third-order valence-corrected chi connectivity index (χ3v) is 12.0. The second-order valence-electron chi connectivity index (χ2n) is 11.3. The van der Waals surface area contributed by atoms with E-state index in [2.05, 4.69) is 61.8 Å². The number of nitrogens with one attached hydrogen (secondary N) is 1. The van der Waals surface area contributed by atoms with E-state index in [-0.39, 0.29) is 34.4 Å². The Labute approximate surface area is 206 Å². The van der Waals surface area contributed by atoms with E-state index in [9.17, 15) is 4.79 Å². The second-order valence-corrected chi connectivity index (χ2v) is 16.1. The van der Waals surface area contributed by atoms with Crippen molar-refractivity contribution in [1.29, 1.82) is 0 Å². The molecule has 2 aliphatic rings. The number of hydrogen-bond acceptors (Lipinski definition) is 7. The fourth-order valence-corrected chi connectivity index (χ4v) is 10.4. The number of imidazole rings is 1. The van der Waals surface area contributed by atoms with Gasteiger partial charge in [0.05, 0.1) is 19.0 Å². The smallest absolute Gasteiger partial charge is 0.349 e. The molecule has 0 spiro atoms. The predicted molar refractivity (Wildman–Crippen MR) is 134 cm³/mol. The predicted octanol–water partition coefficient (Wildman–Crippen LogP) is 4.82. The molecule has 4 heterocycles. The number of carbonyl (C=O) groups excluding carboxylic acids is 1. The number of fused-ring (bicyclic) bond motifs is 2. The van der Waals surface area contributed by atoms with Crippen LogP contribution < -0.4 is 5.32 Å². The van der Waals surface area contributed by atoms with Crippen LogP contribution in [0.15, 0.2) is 43.0 Å². The van der Waals surface area contributed by atoms with Crippen molar-refractivity contribution in [2.45, 2.75) is 76.5 Å². The molecule has 2 fully saturated rings. The highest BCUT2D eigenvalue weighted by Crippen LogP contribution is 2.55. The minimum Gasteiger partial charge on any atom is -0.391 e. The molecule has 9 nitrogen and oxygen atoms in total. The topological polar surface area (TPSA) is 100 Å². The largest absolute Gasteiger partial charge is 0.391 e. The van der Waals surface area contributed by atoms with Gasteiger partial charge in [-0.2, -0.15) is 0 Å². The molecule has 0 radical (unpaired) electrons. The maximum Gasteiger partial charge on any atom is 0.349 e. The molecule has 2 aromatic heterocycles. The van der Waals surface area contributed by atoms with Gasteiger partial charge in [0.2, 0.25) is 0 Å². The maximum absolute atomic E-state index is 12.7. The fraction of sp³-hybridized carbons (Fsp3) is 0.520. The summed E-state index contributed by atoms with van der Waals surface area (Å²) in [6.45, 7) is 13.8. The molecule has 1 aromatic carbocycles. The molecule has 3 atom stereocenters. The summed E-state index contributed by atoms with van der Waals surface area (Å²) in [4.78, 5) is 25.9. The molecule has 0 saturated carbocycles. The van der Waals surface area contributed by atoms with Crippen LogP contribution in [0, 0.1) is 0 Å². The van der Waals surface area contributed by atoms with Crippen molar-refractivity contribution in [3.63, 3.8) is 0 Å². The molecule has 0 aliphatic carbocycles. The van der Waals surface area contributed by atoms with Crippen LogP contribution in [0.5, 0.6) is 0 Å². The van der Waals surface area contributed by atoms with Crippen LogP contribution in [0.1, 0.15) is 64.5 Å². The van der Waals surface area contributed by atoms with Crippen molar-refractivity contribution < 1.29 is 18.4 Å². The average Bonchev–Trinajstić information content (AvgIpc) is 3.42. The number of carbonyl (C=O) groups is 1. The minimum atomic E-state index is -2.58. The quantitative estimate of drug-likeness (QED) is 0.520. The standard InChI is InChI=1S/C25H33N5O4Si/c1-24(2,3)35(25(4,5)6)32-13-18-17(34-35)12-19(33-18)30-15-28-20-21(26-14-27-22(20)30)29-23(31)16-10-8-7-9-11-16/h7-11,14-15,17-19H,12-13H2,1-6H3,(H,26,27,29,31)/t17-,18+,19+/m0/s1. The molecule has 186 valence electrons. The Balaban J connectivity index is 1.39. The van der Waals surface area contributed by atoms with Crippen LogP contribution in [0.25, 0.3) is 11.2 Å². The van der Waals surface area contributed by atoms with E-state index in [1.165, 1.54) is 6.33 Å². The first-order valence-electron chi connectivity index (χ1n) is 12.0. The summed E-state index contributed by atoms with van der Waals surface area (Å²) in [7, 11) is -2.58. The van der Waals surface area contributed by atoms with Crippen molar-refractivity contribution in [3.05, 3.63) is 48.5 Å². The summed E-state index contributed by atoms with van der Waals surface area (Å²) >= 11 is 0. The Morgan fingerprint density at radius 1 is 1.03 bits per heavy atom. The second kappa shape index (κ2) is 8.47. The van der Waals surface area contributed by atoms with Gasteiger partial charge in [-0.25, -0.2) is 15.0 Å². The van der Waals surface area contributed by atoms with Crippen LogP contribution in [0.2, 0.25) is 10.1 Å². The molecule has 0 unspecified atom stereocenters. The van der Waals surface area contributed by atoms with Gasteiger partial charge in [0.15, 0.2) is 17.0 Å². The van der Waals surface area contributed by atoms with E-state index in [0.29, 0.717) is 35.6 Å². The zero-order valence-electron chi connectivity index (χ0n) is 21.1. The third-order valence-electron chi connectivity index (χ3n) is 6.86. The van der Waals surface area contributed by atoms with Gasteiger partial charge >= 0.3 is 8.56 Å². The highest BCUT2D eigenvalue weighted by molar-refractivity contribution is 6.73. The van der Waals surface area contributed by atoms with Gasteiger partial charge in [0.25, 0.3) is 5.91 Å². The van der Waals surface area contributed by atoms with Crippen LogP contribution >= 0.6 is 0 Å². The molecular weight excluding hydrogens is 462 g/mol. The lowest BCUT2D eigenvalue weighted by atomic mass is 10.2. The van der Waals surface area contributed by atoms with E-state index in [0.717, 1.165) is 0 Å². The van der Waals surface area contributed by atoms with E-state index in [4.69, 9.17) is 13.6 Å². The van der Waals surface area contributed by atoms with Gasteiger partial charge < -0.3 is 18.9 Å². The number of aromatic nitrogens is 4. The van der Waals surface area contributed by atoms with E-state index in [1.807, 2.05) is 22.8 Å². The van der Waals surface area contributed by atoms with Gasteiger partial charge in [-0.05, 0) is 12.1 Å². The van der Waals surface area contributed by atoms with Crippen LogP contribution in [-0.2, 0) is 13.6 Å². The Morgan fingerprint density at radius 3 is 2.43 bits per heavy atom. The van der Waals surface area contributed by atoms with Gasteiger partial charge in [0.1, 0.15) is 18.7 Å². The van der Waals surface area contributed by atoms with Gasteiger partial charge in [0, 0.05) is 22.1 Å². The lowest BCUT2D eigenvalue weighted by Gasteiger charge is -2.53. The Hall–Kier alpha value is -2.66. The zero-order valence-corrected chi connectivity index (χ0v) is 22.1. The third kappa shape index (κ3) is 4.08. The molecule has 1 N–H and O–H groups in total. The summed E-state index contributed by atoms with van der Waals surface area (Å²) in [5.74, 6) is 0.115. The number of hydrogen-bond donors (Lipinski definition) is 1. The fourth-order valence-electron chi connectivity index (χ4n) is 5.43. The summed E-state index contributed by atoms with van der Waals surface area (Å²) in [6.07, 6.45) is 3.29. The summed E-state index contributed by atoms with van der Waals surface area (Å²) in [5, 5.41) is 2.68. The van der Waals surface area contributed by atoms with E-state index in [1.54, 1.807) is 18.5 Å². The average molecular weight is 496 g/mol. The Bertz CT molecular complexity index is 1220. The first kappa shape index (κ1) is 24.0. The monoisotopic (exact) mass is 495 g/mol. The molecular formula is C25H33N5O4Si. The normalized spacial score (nSPS) is 24.3. The molecule has 1 amide bonds. The minimum absolute atomic E-state index is 0.0598. The van der Waals surface area contributed by atoms with Crippen molar-refractivity contribution in [1.82, 2.24) is 19.5 Å². The number of benzene rings is 1. The number of rotatable bonds is 3. The Kier molecular flexibility index (Phi) is 5.82. The molecule has 5 rings (SSSR count). The Morgan fingerprint density at radius 2 is 1.74 bits per heavy atom. The van der Waals surface area contributed by atoms with Crippen molar-refractivity contribution in [3.8, 4) is 0 Å². The highest BCUT2D eigenvalue weighted by atomic mass is 28.4. The number of nitrogens with zero attached hydrogens (tertiary/aromatic N) is 4. The van der Waals surface area contributed by atoms with Gasteiger partial charge in [-0.3, -0.25) is 9.36 Å². The van der Waals surface area contributed by atoms with Crippen LogP contribution in [-0.4, -0.2) is 52.8 Å². The van der Waals surface area contributed by atoms with E-state index < -0.39 is 8.56 Å². The van der Waals surface area contributed by atoms with Crippen molar-refractivity contribution in [2.75, 3.05) is 11.9 Å². The van der Waals surface area contributed by atoms with Crippen molar-refractivity contribution >= 4 is 31.4 Å². The van der Waals surface area contributed by atoms with Gasteiger partial charge in [-0.15, -0.1) is 0 Å². The number of anilines is 1. The summed E-state index contributed by atoms with van der Waals surface area (Å²) < 4.78 is 21.7. The highest BCUT2D eigenvalue weighted by Gasteiger charge is 2.63. The lowest BCUT2D eigenvalue weighted by molar-refractivity contribution is -0.0794. The zero-order chi connectivity index (χ0) is 25.0. The first-order valence-corrected chi connectivity index (χ1v) is 13.8. The first-order chi connectivity index (χ1) is 16.5. The molecule has 0 bridgehead atoms. The lowest BCUT2D eigenvalue weighted by Crippen LogP contribution is -2.64. The molecule has 2 aliphatic heterocycles. The molecule has 35 heavy (non-hydrogen) atoms. The van der Waals surface area contributed by atoms with Crippen LogP contribution in [0.3, 0.4) is 0 Å². The van der Waals surface area contributed by atoms with Gasteiger partial charge in [-0.1, -0.05) is 59.7 Å². The van der Waals surface area contributed by atoms with Crippen LogP contribution in [0.4, 0.5) is 5.82 Å². The molecule has 3 aromatic rings. The number of ether oxygens (including phenoxy) is 1. The van der Waals surface area contributed by atoms with Crippen molar-refractivity contribution in [2.24, 2.45) is 0 Å². The summed E-state index contributed by atoms with van der Waals surface area (Å²) in [5.41, 5.74) is 1.66. The molecule has 2 saturated heterocycles. The molecule has 10 heteroatoms. The van der Waals surface area contributed by atoms with E-state index >= 15 is 0 Å².